The number of rotatable bonds is 2. The van der Waals surface area contributed by atoms with Crippen LogP contribution in [0, 0.1) is 5.82 Å². The third kappa shape index (κ3) is 2.05. The minimum absolute atomic E-state index is 0.121. The zero-order valence-corrected chi connectivity index (χ0v) is 8.42. The zero-order chi connectivity index (χ0) is 10.8. The van der Waals surface area contributed by atoms with E-state index in [9.17, 15) is 14.3 Å². The maximum absolute atomic E-state index is 13.0. The number of hydrogen-bond acceptors (Lipinski definition) is 3. The number of aromatic hydroxyl groups is 1. The van der Waals surface area contributed by atoms with Gasteiger partial charge in [-0.25, -0.2) is 4.39 Å². The molecule has 0 amide bonds. The molecule has 2 rings (SSSR count). The van der Waals surface area contributed by atoms with Crippen LogP contribution in [0.4, 0.5) is 4.39 Å². The molecule has 0 aliphatic heterocycles. The van der Waals surface area contributed by atoms with Crippen molar-refractivity contribution in [1.29, 1.82) is 0 Å². The largest absolute Gasteiger partial charge is 0.508 e. The van der Waals surface area contributed by atoms with E-state index < -0.39 is 5.82 Å². The molecule has 0 saturated carbocycles. The third-order valence-electron chi connectivity index (χ3n) is 1.95. The topological polar surface area (TPSA) is 37.3 Å². The highest BCUT2D eigenvalue weighted by Gasteiger charge is 2.05. The van der Waals surface area contributed by atoms with Gasteiger partial charge >= 0.3 is 0 Å². The van der Waals surface area contributed by atoms with Crippen LogP contribution in [0.3, 0.4) is 0 Å². The van der Waals surface area contributed by atoms with Crippen LogP contribution in [0.5, 0.6) is 5.75 Å². The zero-order valence-electron chi connectivity index (χ0n) is 7.61. The summed E-state index contributed by atoms with van der Waals surface area (Å²) in [5.41, 5.74) is 1.30. The number of phenolic OH excluding ortho intramolecular Hbond substituents is 1. The van der Waals surface area contributed by atoms with Crippen molar-refractivity contribution < 1.29 is 14.3 Å². The number of aldehydes is 1. The Morgan fingerprint density at radius 2 is 2.00 bits per heavy atom. The summed E-state index contributed by atoms with van der Waals surface area (Å²) in [6, 6.07) is 5.47. The molecule has 2 aromatic rings. The standard InChI is InChI=1S/C11H7FO2S/c12-9-1-7(2-10(14)4-9)8-3-11(5-13)15-6-8/h1-6,14H. The number of carbonyl (C=O) groups excluding carboxylic acids is 1. The molecule has 0 radical (unpaired) electrons. The van der Waals surface area contributed by atoms with Crippen LogP contribution in [-0.2, 0) is 0 Å². The number of carbonyl (C=O) groups is 1. The predicted molar refractivity (Wildman–Crippen MR) is 56.8 cm³/mol. The summed E-state index contributed by atoms with van der Waals surface area (Å²) in [5, 5.41) is 11.0. The molecular formula is C11H7FO2S. The Morgan fingerprint density at radius 3 is 2.60 bits per heavy atom. The van der Waals surface area contributed by atoms with Gasteiger partial charge in [-0.2, -0.15) is 0 Å². The maximum atomic E-state index is 13.0. The van der Waals surface area contributed by atoms with E-state index >= 15 is 0 Å². The second-order valence-corrected chi connectivity index (χ2v) is 4.00. The molecule has 4 heteroatoms. The first kappa shape index (κ1) is 9.86. The Labute approximate surface area is 89.6 Å². The minimum atomic E-state index is -0.496. The first-order valence-corrected chi connectivity index (χ1v) is 5.10. The lowest BCUT2D eigenvalue weighted by Crippen LogP contribution is -1.78. The van der Waals surface area contributed by atoms with Crippen LogP contribution >= 0.6 is 11.3 Å². The maximum Gasteiger partial charge on any atom is 0.160 e. The van der Waals surface area contributed by atoms with Crippen LogP contribution in [0.15, 0.2) is 29.6 Å². The fourth-order valence-electron chi connectivity index (χ4n) is 1.31. The molecule has 1 N–H and O–H groups in total. The van der Waals surface area contributed by atoms with E-state index in [0.29, 0.717) is 10.4 Å². The molecule has 0 spiro atoms. The Balaban J connectivity index is 2.48. The van der Waals surface area contributed by atoms with Crippen molar-refractivity contribution in [3.63, 3.8) is 0 Å². The van der Waals surface area contributed by atoms with E-state index in [0.717, 1.165) is 17.9 Å². The second kappa shape index (κ2) is 3.82. The van der Waals surface area contributed by atoms with Gasteiger partial charge in [-0.3, -0.25) is 4.79 Å². The molecule has 0 bridgehead atoms. The van der Waals surface area contributed by atoms with Crippen LogP contribution in [0.1, 0.15) is 9.67 Å². The average molecular weight is 222 g/mol. The Morgan fingerprint density at radius 1 is 1.20 bits per heavy atom. The highest BCUT2D eigenvalue weighted by atomic mass is 32.1. The van der Waals surface area contributed by atoms with Gasteiger partial charge in [0.1, 0.15) is 11.6 Å². The van der Waals surface area contributed by atoms with E-state index in [1.807, 2.05) is 0 Å². The lowest BCUT2D eigenvalue weighted by Gasteiger charge is -1.99. The molecule has 0 atom stereocenters. The summed E-state index contributed by atoms with van der Waals surface area (Å²) >= 11 is 1.28. The molecule has 0 fully saturated rings. The van der Waals surface area contributed by atoms with Crippen LogP contribution in [0.2, 0.25) is 0 Å². The molecule has 1 aromatic heterocycles. The molecule has 1 aromatic carbocycles. The Bertz CT molecular complexity index is 485. The fraction of sp³-hybridized carbons (Fsp3) is 0. The van der Waals surface area contributed by atoms with Crippen molar-refractivity contribution >= 4 is 17.6 Å². The van der Waals surface area contributed by atoms with E-state index in [4.69, 9.17) is 0 Å². The Kier molecular flexibility index (Phi) is 2.51. The number of halogens is 1. The van der Waals surface area contributed by atoms with E-state index in [1.165, 1.54) is 23.5 Å². The van der Waals surface area contributed by atoms with Gasteiger partial charge < -0.3 is 5.11 Å². The van der Waals surface area contributed by atoms with Crippen molar-refractivity contribution in [1.82, 2.24) is 0 Å². The van der Waals surface area contributed by atoms with Gasteiger partial charge in [0.2, 0.25) is 0 Å². The summed E-state index contributed by atoms with van der Waals surface area (Å²) < 4.78 is 13.0. The highest BCUT2D eigenvalue weighted by Crippen LogP contribution is 2.28. The summed E-state index contributed by atoms with van der Waals surface area (Å²) in [6.45, 7) is 0. The normalized spacial score (nSPS) is 10.2. The van der Waals surface area contributed by atoms with E-state index in [1.54, 1.807) is 11.4 Å². The van der Waals surface area contributed by atoms with E-state index in [-0.39, 0.29) is 5.75 Å². The monoisotopic (exact) mass is 222 g/mol. The van der Waals surface area contributed by atoms with Crippen LogP contribution < -0.4 is 0 Å². The molecule has 0 saturated heterocycles. The quantitative estimate of drug-likeness (QED) is 0.793. The Hall–Kier alpha value is -1.68. The first-order valence-electron chi connectivity index (χ1n) is 4.22. The molecule has 0 unspecified atom stereocenters. The number of hydrogen-bond donors (Lipinski definition) is 1. The minimum Gasteiger partial charge on any atom is -0.508 e. The molecule has 0 aliphatic rings. The van der Waals surface area contributed by atoms with Crippen molar-refractivity contribution in [3.05, 3.63) is 40.3 Å². The van der Waals surface area contributed by atoms with E-state index in [2.05, 4.69) is 0 Å². The van der Waals surface area contributed by atoms with Crippen molar-refractivity contribution in [2.75, 3.05) is 0 Å². The predicted octanol–water partition coefficient (Wildman–Crippen LogP) is 3.07. The van der Waals surface area contributed by atoms with Gasteiger partial charge in [0.05, 0.1) is 4.88 Å². The summed E-state index contributed by atoms with van der Waals surface area (Å²) in [4.78, 5) is 11.0. The smallest absolute Gasteiger partial charge is 0.160 e. The number of phenols is 1. The highest BCUT2D eigenvalue weighted by molar-refractivity contribution is 7.12. The van der Waals surface area contributed by atoms with Gasteiger partial charge in [0.25, 0.3) is 0 Å². The van der Waals surface area contributed by atoms with Crippen molar-refractivity contribution in [3.8, 4) is 16.9 Å². The number of thiophene rings is 1. The SMILES string of the molecule is O=Cc1cc(-c2cc(O)cc(F)c2)cs1. The van der Waals surface area contributed by atoms with Crippen LogP contribution in [-0.4, -0.2) is 11.4 Å². The molecule has 76 valence electrons. The second-order valence-electron chi connectivity index (χ2n) is 3.05. The van der Waals surface area contributed by atoms with Gasteiger partial charge in [0, 0.05) is 6.07 Å². The molecule has 1 heterocycles. The summed E-state index contributed by atoms with van der Waals surface area (Å²) in [6.07, 6.45) is 0.743. The van der Waals surface area contributed by atoms with Gasteiger partial charge in [-0.15, -0.1) is 11.3 Å². The first-order chi connectivity index (χ1) is 7.19. The molecule has 0 aliphatic carbocycles. The summed E-state index contributed by atoms with van der Waals surface area (Å²) in [5.74, 6) is -0.618. The number of benzene rings is 1. The lowest BCUT2D eigenvalue weighted by molar-refractivity contribution is 0.112. The molecule has 2 nitrogen and oxygen atoms in total. The summed E-state index contributed by atoms with van der Waals surface area (Å²) in [7, 11) is 0. The van der Waals surface area contributed by atoms with Gasteiger partial charge in [-0.05, 0) is 34.7 Å². The molecular weight excluding hydrogens is 215 g/mol. The van der Waals surface area contributed by atoms with Crippen LogP contribution in [0.25, 0.3) is 11.1 Å². The third-order valence-corrected chi connectivity index (χ3v) is 2.81. The van der Waals surface area contributed by atoms with Gasteiger partial charge in [-0.1, -0.05) is 0 Å². The van der Waals surface area contributed by atoms with Crippen molar-refractivity contribution in [2.24, 2.45) is 0 Å². The lowest BCUT2D eigenvalue weighted by atomic mass is 10.1. The van der Waals surface area contributed by atoms with Gasteiger partial charge in [0.15, 0.2) is 6.29 Å². The fourth-order valence-corrected chi connectivity index (χ4v) is 2.02. The van der Waals surface area contributed by atoms with Crippen molar-refractivity contribution in [2.45, 2.75) is 0 Å². The average Bonchev–Trinajstić information content (AvgIpc) is 2.64. The molecule has 15 heavy (non-hydrogen) atoms.